The molecule has 0 saturated heterocycles. The van der Waals surface area contributed by atoms with E-state index in [0.29, 0.717) is 12.6 Å². The summed E-state index contributed by atoms with van der Waals surface area (Å²) in [5, 5.41) is 2.46. The second-order valence-corrected chi connectivity index (χ2v) is 4.12. The molecule has 3 nitrogen and oxygen atoms in total. The van der Waals surface area contributed by atoms with Crippen molar-refractivity contribution in [3.63, 3.8) is 0 Å². The van der Waals surface area contributed by atoms with E-state index in [-0.39, 0.29) is 11.1 Å². The van der Waals surface area contributed by atoms with Gasteiger partial charge in [-0.25, -0.2) is 9.97 Å². The predicted molar refractivity (Wildman–Crippen MR) is 65.8 cm³/mol. The van der Waals surface area contributed by atoms with Crippen molar-refractivity contribution in [2.75, 3.05) is 5.32 Å². The summed E-state index contributed by atoms with van der Waals surface area (Å²) in [6.07, 6.45) is -4.55. The number of rotatable bonds is 3. The second-order valence-electron chi connectivity index (χ2n) is 3.74. The molecule has 0 saturated carbocycles. The van der Waals surface area contributed by atoms with Crippen LogP contribution in [0.1, 0.15) is 11.3 Å². The van der Waals surface area contributed by atoms with Crippen molar-refractivity contribution in [1.29, 1.82) is 0 Å². The maximum atomic E-state index is 12.5. The van der Waals surface area contributed by atoms with Crippen molar-refractivity contribution in [2.45, 2.75) is 12.7 Å². The summed E-state index contributed by atoms with van der Waals surface area (Å²) in [5.41, 5.74) is -0.164. The Labute approximate surface area is 112 Å². The SMILES string of the molecule is FC(F)(F)c1cc(Cl)nc(NCc2ccccc2)n1. The van der Waals surface area contributed by atoms with Crippen LogP contribution in [0, 0.1) is 0 Å². The van der Waals surface area contributed by atoms with Crippen LogP contribution < -0.4 is 5.32 Å². The topological polar surface area (TPSA) is 37.8 Å². The van der Waals surface area contributed by atoms with Crippen molar-refractivity contribution in [1.82, 2.24) is 9.97 Å². The summed E-state index contributed by atoms with van der Waals surface area (Å²) in [4.78, 5) is 7.09. The van der Waals surface area contributed by atoms with E-state index in [0.717, 1.165) is 5.56 Å². The number of halogens is 4. The van der Waals surface area contributed by atoms with E-state index in [2.05, 4.69) is 15.3 Å². The monoisotopic (exact) mass is 287 g/mol. The van der Waals surface area contributed by atoms with Crippen LogP contribution >= 0.6 is 11.6 Å². The zero-order valence-electron chi connectivity index (χ0n) is 9.58. The molecule has 7 heteroatoms. The minimum atomic E-state index is -4.55. The molecule has 1 heterocycles. The molecule has 0 aliphatic carbocycles. The lowest BCUT2D eigenvalue weighted by Crippen LogP contribution is -2.12. The first kappa shape index (κ1) is 13.6. The van der Waals surface area contributed by atoms with Gasteiger partial charge in [0.15, 0.2) is 5.69 Å². The standard InChI is InChI=1S/C12H9ClF3N3/c13-10-6-9(12(14,15)16)18-11(19-10)17-7-8-4-2-1-3-5-8/h1-6H,7H2,(H,17,18,19). The van der Waals surface area contributed by atoms with E-state index in [4.69, 9.17) is 11.6 Å². The van der Waals surface area contributed by atoms with Gasteiger partial charge in [-0.1, -0.05) is 41.9 Å². The lowest BCUT2D eigenvalue weighted by Gasteiger charge is -2.09. The molecule has 19 heavy (non-hydrogen) atoms. The lowest BCUT2D eigenvalue weighted by atomic mass is 10.2. The summed E-state index contributed by atoms with van der Waals surface area (Å²) >= 11 is 5.55. The third-order valence-electron chi connectivity index (χ3n) is 2.28. The highest BCUT2D eigenvalue weighted by Crippen LogP contribution is 2.29. The minimum Gasteiger partial charge on any atom is -0.350 e. The third kappa shape index (κ3) is 3.82. The summed E-state index contributed by atoms with van der Waals surface area (Å²) in [6, 6.07) is 9.87. The van der Waals surface area contributed by atoms with Crippen molar-refractivity contribution >= 4 is 17.5 Å². The molecule has 0 bridgehead atoms. The van der Waals surface area contributed by atoms with E-state index < -0.39 is 11.9 Å². The van der Waals surface area contributed by atoms with E-state index >= 15 is 0 Å². The van der Waals surface area contributed by atoms with Crippen LogP contribution in [0.2, 0.25) is 5.15 Å². The average molecular weight is 288 g/mol. The van der Waals surface area contributed by atoms with Crippen LogP contribution in [0.15, 0.2) is 36.4 Å². The fourth-order valence-corrected chi connectivity index (χ4v) is 1.60. The van der Waals surface area contributed by atoms with Gasteiger partial charge in [0.1, 0.15) is 5.15 Å². The van der Waals surface area contributed by atoms with Crippen LogP contribution in [0.3, 0.4) is 0 Å². The molecule has 0 radical (unpaired) electrons. The first-order chi connectivity index (χ1) is 8.95. The van der Waals surface area contributed by atoms with E-state index in [1.54, 1.807) is 0 Å². The minimum absolute atomic E-state index is 0.149. The Bertz CT molecular complexity index is 558. The number of nitrogens with one attached hydrogen (secondary N) is 1. The Hall–Kier alpha value is -1.82. The Morgan fingerprint density at radius 3 is 2.42 bits per heavy atom. The van der Waals surface area contributed by atoms with Gasteiger partial charge in [-0.05, 0) is 5.56 Å². The van der Waals surface area contributed by atoms with Gasteiger partial charge in [0.25, 0.3) is 0 Å². The molecule has 0 amide bonds. The molecule has 0 fully saturated rings. The van der Waals surface area contributed by atoms with Gasteiger partial charge in [0, 0.05) is 12.6 Å². The summed E-state index contributed by atoms with van der Waals surface area (Å²) in [5.74, 6) is -0.149. The highest BCUT2D eigenvalue weighted by Gasteiger charge is 2.33. The molecule has 1 aromatic heterocycles. The molecular formula is C12H9ClF3N3. The van der Waals surface area contributed by atoms with Crippen molar-refractivity contribution in [3.05, 3.63) is 52.8 Å². The highest BCUT2D eigenvalue weighted by molar-refractivity contribution is 6.29. The number of hydrogen-bond acceptors (Lipinski definition) is 3. The van der Waals surface area contributed by atoms with Gasteiger partial charge in [-0.2, -0.15) is 13.2 Å². The van der Waals surface area contributed by atoms with Crippen molar-refractivity contribution in [3.8, 4) is 0 Å². The van der Waals surface area contributed by atoms with E-state index in [1.165, 1.54) is 0 Å². The van der Waals surface area contributed by atoms with Gasteiger partial charge in [-0.3, -0.25) is 0 Å². The molecule has 1 aromatic carbocycles. The highest BCUT2D eigenvalue weighted by atomic mass is 35.5. The molecule has 0 spiro atoms. The quantitative estimate of drug-likeness (QED) is 0.874. The van der Waals surface area contributed by atoms with Gasteiger partial charge in [0.05, 0.1) is 0 Å². The Kier molecular flexibility index (Phi) is 3.90. The summed E-state index contributed by atoms with van der Waals surface area (Å²) in [6.45, 7) is 0.318. The molecular weight excluding hydrogens is 279 g/mol. The molecule has 1 N–H and O–H groups in total. The van der Waals surface area contributed by atoms with Gasteiger partial charge in [-0.15, -0.1) is 0 Å². The molecule has 0 unspecified atom stereocenters. The first-order valence-corrected chi connectivity index (χ1v) is 5.72. The van der Waals surface area contributed by atoms with Gasteiger partial charge >= 0.3 is 6.18 Å². The Morgan fingerprint density at radius 1 is 1.11 bits per heavy atom. The van der Waals surface area contributed by atoms with Crippen LogP contribution in [0.4, 0.5) is 19.1 Å². The number of hydrogen-bond donors (Lipinski definition) is 1. The van der Waals surface area contributed by atoms with E-state index in [1.807, 2.05) is 30.3 Å². The zero-order chi connectivity index (χ0) is 13.9. The summed E-state index contributed by atoms with van der Waals surface area (Å²) < 4.78 is 37.6. The third-order valence-corrected chi connectivity index (χ3v) is 2.47. The number of nitrogens with zero attached hydrogens (tertiary/aromatic N) is 2. The molecule has 0 atom stereocenters. The fraction of sp³-hybridized carbons (Fsp3) is 0.167. The maximum absolute atomic E-state index is 12.5. The Balaban J connectivity index is 2.15. The van der Waals surface area contributed by atoms with Crippen LogP contribution in [-0.4, -0.2) is 9.97 Å². The number of aromatic nitrogens is 2. The Morgan fingerprint density at radius 2 is 1.79 bits per heavy atom. The lowest BCUT2D eigenvalue weighted by molar-refractivity contribution is -0.141. The number of alkyl halides is 3. The summed E-state index contributed by atoms with van der Waals surface area (Å²) in [7, 11) is 0. The second kappa shape index (κ2) is 5.44. The van der Waals surface area contributed by atoms with Crippen molar-refractivity contribution < 1.29 is 13.2 Å². The molecule has 2 aromatic rings. The van der Waals surface area contributed by atoms with Crippen LogP contribution in [-0.2, 0) is 12.7 Å². The van der Waals surface area contributed by atoms with Gasteiger partial charge in [0.2, 0.25) is 5.95 Å². The fourth-order valence-electron chi connectivity index (χ4n) is 1.42. The molecule has 100 valence electrons. The molecule has 0 aliphatic rings. The zero-order valence-corrected chi connectivity index (χ0v) is 10.3. The molecule has 2 rings (SSSR count). The molecule has 0 aliphatic heterocycles. The van der Waals surface area contributed by atoms with Crippen molar-refractivity contribution in [2.24, 2.45) is 0 Å². The number of benzene rings is 1. The largest absolute Gasteiger partial charge is 0.433 e. The average Bonchev–Trinajstić information content (AvgIpc) is 2.36. The van der Waals surface area contributed by atoms with Crippen LogP contribution in [0.5, 0.6) is 0 Å². The predicted octanol–water partition coefficient (Wildman–Crippen LogP) is 3.76. The smallest absolute Gasteiger partial charge is 0.350 e. The van der Waals surface area contributed by atoms with E-state index in [9.17, 15) is 13.2 Å². The maximum Gasteiger partial charge on any atom is 0.433 e. The normalized spacial score (nSPS) is 11.4. The number of anilines is 1. The van der Waals surface area contributed by atoms with Crippen LogP contribution in [0.25, 0.3) is 0 Å². The first-order valence-electron chi connectivity index (χ1n) is 5.35. The van der Waals surface area contributed by atoms with Gasteiger partial charge < -0.3 is 5.32 Å².